The number of nitrogens with zero attached hydrogens (tertiary/aromatic N) is 1. The third-order valence-electron chi connectivity index (χ3n) is 2.43. The molecule has 1 aliphatic heterocycles. The monoisotopic (exact) mass is 289 g/mol. The maximum Gasteiger partial charge on any atom is 0.0594 e. The van der Waals surface area contributed by atoms with Crippen molar-refractivity contribution in [3.05, 3.63) is 33.3 Å². The molecule has 0 radical (unpaired) electrons. The molecule has 0 aliphatic carbocycles. The molecule has 15 heavy (non-hydrogen) atoms. The van der Waals surface area contributed by atoms with E-state index >= 15 is 0 Å². The first-order chi connectivity index (χ1) is 7.24. The molecule has 1 aromatic carbocycles. The number of morpholine rings is 1. The maximum absolute atomic E-state index is 5.99. The van der Waals surface area contributed by atoms with Gasteiger partial charge in [0, 0.05) is 29.1 Å². The molecular weight excluding hydrogens is 277 g/mol. The van der Waals surface area contributed by atoms with Gasteiger partial charge in [-0.3, -0.25) is 4.90 Å². The summed E-state index contributed by atoms with van der Waals surface area (Å²) in [6.45, 7) is 4.63. The van der Waals surface area contributed by atoms with Crippen LogP contribution in [0, 0.1) is 0 Å². The van der Waals surface area contributed by atoms with Gasteiger partial charge in [-0.2, -0.15) is 0 Å². The Morgan fingerprint density at radius 2 is 2.00 bits per heavy atom. The van der Waals surface area contributed by atoms with Crippen molar-refractivity contribution in [2.75, 3.05) is 26.3 Å². The van der Waals surface area contributed by atoms with Crippen LogP contribution in [0.4, 0.5) is 0 Å². The van der Waals surface area contributed by atoms with E-state index in [1.54, 1.807) is 0 Å². The number of rotatable bonds is 2. The zero-order valence-corrected chi connectivity index (χ0v) is 10.7. The molecule has 1 aromatic rings. The van der Waals surface area contributed by atoms with Gasteiger partial charge in [0.1, 0.15) is 0 Å². The second-order valence-corrected chi connectivity index (χ2v) is 5.02. The molecule has 2 nitrogen and oxygen atoms in total. The summed E-state index contributed by atoms with van der Waals surface area (Å²) in [6, 6.07) is 6.04. The van der Waals surface area contributed by atoms with Crippen molar-refractivity contribution in [1.82, 2.24) is 4.90 Å². The molecule has 0 bridgehead atoms. The minimum absolute atomic E-state index is 0.785. The topological polar surface area (TPSA) is 12.5 Å². The quantitative estimate of drug-likeness (QED) is 0.830. The van der Waals surface area contributed by atoms with Gasteiger partial charge in [0.05, 0.1) is 13.2 Å². The van der Waals surface area contributed by atoms with Gasteiger partial charge >= 0.3 is 0 Å². The lowest BCUT2D eigenvalue weighted by atomic mass is 10.2. The summed E-state index contributed by atoms with van der Waals surface area (Å²) in [7, 11) is 0. The summed E-state index contributed by atoms with van der Waals surface area (Å²) < 4.78 is 6.35. The van der Waals surface area contributed by atoms with E-state index < -0.39 is 0 Å². The molecule has 4 heteroatoms. The van der Waals surface area contributed by atoms with Crippen molar-refractivity contribution in [2.24, 2.45) is 0 Å². The first-order valence-corrected chi connectivity index (χ1v) is 6.16. The zero-order chi connectivity index (χ0) is 10.7. The van der Waals surface area contributed by atoms with Gasteiger partial charge in [0.15, 0.2) is 0 Å². The third kappa shape index (κ3) is 3.45. The predicted molar refractivity (Wildman–Crippen MR) is 65.2 cm³/mol. The highest BCUT2D eigenvalue weighted by molar-refractivity contribution is 9.10. The van der Waals surface area contributed by atoms with Crippen LogP contribution >= 0.6 is 27.5 Å². The Morgan fingerprint density at radius 1 is 1.27 bits per heavy atom. The van der Waals surface area contributed by atoms with E-state index in [1.807, 2.05) is 12.1 Å². The van der Waals surface area contributed by atoms with Crippen molar-refractivity contribution in [1.29, 1.82) is 0 Å². The van der Waals surface area contributed by atoms with Crippen LogP contribution in [0.1, 0.15) is 5.56 Å². The molecule has 1 aliphatic rings. The summed E-state index contributed by atoms with van der Waals surface area (Å²) in [5, 5.41) is 0.785. The highest BCUT2D eigenvalue weighted by atomic mass is 79.9. The summed E-state index contributed by atoms with van der Waals surface area (Å²) in [5.41, 5.74) is 1.25. The lowest BCUT2D eigenvalue weighted by Crippen LogP contribution is -2.35. The Morgan fingerprint density at radius 3 is 2.67 bits per heavy atom. The predicted octanol–water partition coefficient (Wildman–Crippen LogP) is 2.93. The number of hydrogen-bond acceptors (Lipinski definition) is 2. The van der Waals surface area contributed by atoms with Crippen LogP contribution in [-0.2, 0) is 11.3 Å². The van der Waals surface area contributed by atoms with E-state index in [9.17, 15) is 0 Å². The van der Waals surface area contributed by atoms with E-state index in [2.05, 4.69) is 26.9 Å². The molecule has 2 rings (SSSR count). The van der Waals surface area contributed by atoms with Crippen molar-refractivity contribution in [2.45, 2.75) is 6.54 Å². The summed E-state index contributed by atoms with van der Waals surface area (Å²) in [5.74, 6) is 0. The van der Waals surface area contributed by atoms with E-state index in [0.29, 0.717) is 0 Å². The van der Waals surface area contributed by atoms with Crippen LogP contribution in [0.2, 0.25) is 5.02 Å². The van der Waals surface area contributed by atoms with Gasteiger partial charge in [-0.1, -0.05) is 27.5 Å². The van der Waals surface area contributed by atoms with E-state index in [0.717, 1.165) is 42.3 Å². The highest BCUT2D eigenvalue weighted by Gasteiger charge is 2.10. The van der Waals surface area contributed by atoms with Crippen LogP contribution in [0.5, 0.6) is 0 Å². The van der Waals surface area contributed by atoms with Crippen molar-refractivity contribution >= 4 is 27.5 Å². The lowest BCUT2D eigenvalue weighted by Gasteiger charge is -2.26. The van der Waals surface area contributed by atoms with E-state index in [1.165, 1.54) is 5.56 Å². The molecule has 0 unspecified atom stereocenters. The van der Waals surface area contributed by atoms with Crippen molar-refractivity contribution in [3.8, 4) is 0 Å². The molecule has 1 heterocycles. The van der Waals surface area contributed by atoms with Crippen LogP contribution in [0.3, 0.4) is 0 Å². The molecule has 82 valence electrons. The second-order valence-electron chi connectivity index (χ2n) is 3.67. The third-order valence-corrected chi connectivity index (χ3v) is 3.11. The molecule has 0 atom stereocenters. The van der Waals surface area contributed by atoms with Crippen LogP contribution in [-0.4, -0.2) is 31.2 Å². The van der Waals surface area contributed by atoms with Gasteiger partial charge in [0.25, 0.3) is 0 Å². The van der Waals surface area contributed by atoms with E-state index in [4.69, 9.17) is 16.3 Å². The minimum Gasteiger partial charge on any atom is -0.379 e. The van der Waals surface area contributed by atoms with Gasteiger partial charge in [-0.25, -0.2) is 0 Å². The molecule has 0 saturated carbocycles. The zero-order valence-electron chi connectivity index (χ0n) is 8.38. The molecular formula is C11H13BrClNO. The van der Waals surface area contributed by atoms with Gasteiger partial charge in [0.2, 0.25) is 0 Å². The molecule has 0 N–H and O–H groups in total. The molecule has 0 aromatic heterocycles. The molecule has 0 spiro atoms. The summed E-state index contributed by atoms with van der Waals surface area (Å²) >= 11 is 9.44. The lowest BCUT2D eigenvalue weighted by molar-refractivity contribution is 0.0342. The Labute approximate surface area is 103 Å². The SMILES string of the molecule is Clc1cc(Br)cc(CN2CCOCC2)c1. The van der Waals surface area contributed by atoms with Crippen molar-refractivity contribution < 1.29 is 4.74 Å². The fourth-order valence-corrected chi connectivity index (χ4v) is 2.65. The number of halogens is 2. The number of ether oxygens (including phenoxy) is 1. The van der Waals surface area contributed by atoms with Crippen LogP contribution in [0.25, 0.3) is 0 Å². The Hall–Kier alpha value is -0.0900. The maximum atomic E-state index is 5.99. The van der Waals surface area contributed by atoms with Crippen LogP contribution in [0.15, 0.2) is 22.7 Å². The Bertz CT molecular complexity index is 319. The minimum atomic E-state index is 0.785. The molecule has 1 saturated heterocycles. The highest BCUT2D eigenvalue weighted by Crippen LogP contribution is 2.20. The molecule has 0 amide bonds. The van der Waals surface area contributed by atoms with Gasteiger partial charge in [-0.05, 0) is 23.8 Å². The fourth-order valence-electron chi connectivity index (χ4n) is 1.72. The standard InChI is InChI=1S/C11H13BrClNO/c12-10-5-9(6-11(13)7-10)8-14-1-3-15-4-2-14/h5-7H,1-4,8H2. The van der Waals surface area contributed by atoms with Gasteiger partial charge < -0.3 is 4.74 Å². The smallest absolute Gasteiger partial charge is 0.0594 e. The average Bonchev–Trinajstić information content (AvgIpc) is 2.17. The number of benzene rings is 1. The first kappa shape index (κ1) is 11.4. The second kappa shape index (κ2) is 5.30. The largest absolute Gasteiger partial charge is 0.379 e. The number of hydrogen-bond donors (Lipinski definition) is 0. The Kier molecular flexibility index (Phi) is 4.03. The summed E-state index contributed by atoms with van der Waals surface area (Å²) in [4.78, 5) is 2.38. The van der Waals surface area contributed by atoms with Crippen LogP contribution < -0.4 is 0 Å². The normalized spacial score (nSPS) is 18.0. The van der Waals surface area contributed by atoms with E-state index in [-0.39, 0.29) is 0 Å². The fraction of sp³-hybridized carbons (Fsp3) is 0.455. The summed E-state index contributed by atoms with van der Waals surface area (Å²) in [6.07, 6.45) is 0. The first-order valence-electron chi connectivity index (χ1n) is 4.99. The van der Waals surface area contributed by atoms with Gasteiger partial charge in [-0.15, -0.1) is 0 Å². The Balaban J connectivity index is 2.02. The average molecular weight is 291 g/mol. The van der Waals surface area contributed by atoms with Crippen molar-refractivity contribution in [3.63, 3.8) is 0 Å². The molecule has 1 fully saturated rings.